The second-order valence-corrected chi connectivity index (χ2v) is 9.53. The summed E-state index contributed by atoms with van der Waals surface area (Å²) in [7, 11) is 0. The zero-order valence-electron chi connectivity index (χ0n) is 18.9. The van der Waals surface area contributed by atoms with E-state index in [2.05, 4.69) is 26.8 Å². The normalized spacial score (nSPS) is 25.8. The van der Waals surface area contributed by atoms with E-state index in [9.17, 15) is 9.50 Å². The topological polar surface area (TPSA) is 42.8 Å². The number of hydrogen-bond acceptors (Lipinski definition) is 5. The Morgan fingerprint density at radius 3 is 2.66 bits per heavy atom. The number of fused-ring (bicyclic) bond motifs is 1. The average Bonchev–Trinajstić information content (AvgIpc) is 3.22. The molecule has 32 heavy (non-hydrogen) atoms. The monoisotopic (exact) mass is 438 g/mol. The van der Waals surface area contributed by atoms with E-state index in [-0.39, 0.29) is 12.4 Å². The molecule has 172 valence electrons. The van der Waals surface area contributed by atoms with Crippen LogP contribution in [0.15, 0.2) is 42.6 Å². The third-order valence-electron chi connectivity index (χ3n) is 7.56. The van der Waals surface area contributed by atoms with Crippen molar-refractivity contribution < 1.29 is 9.50 Å². The number of piperidine rings is 2. The summed E-state index contributed by atoms with van der Waals surface area (Å²) in [6, 6.07) is 12.5. The van der Waals surface area contributed by atoms with Gasteiger partial charge in [-0.25, -0.2) is 9.37 Å². The molecule has 0 aliphatic carbocycles. The average molecular weight is 439 g/mol. The van der Waals surface area contributed by atoms with Crippen molar-refractivity contribution >= 4 is 17.2 Å². The van der Waals surface area contributed by atoms with Crippen LogP contribution in [0, 0.1) is 5.82 Å². The Morgan fingerprint density at radius 2 is 1.84 bits per heavy atom. The van der Waals surface area contributed by atoms with Gasteiger partial charge in [-0.1, -0.05) is 6.07 Å². The van der Waals surface area contributed by atoms with E-state index < -0.39 is 0 Å². The molecule has 3 aliphatic rings. The van der Waals surface area contributed by atoms with Crippen LogP contribution in [-0.2, 0) is 0 Å². The highest BCUT2D eigenvalue weighted by Gasteiger charge is 2.46. The highest BCUT2D eigenvalue weighted by molar-refractivity contribution is 5.59. The van der Waals surface area contributed by atoms with Crippen LogP contribution in [-0.4, -0.2) is 54.5 Å². The number of aliphatic hydroxyl groups excluding tert-OH is 1. The van der Waals surface area contributed by atoms with Crippen LogP contribution in [0.1, 0.15) is 51.4 Å². The summed E-state index contributed by atoms with van der Waals surface area (Å²) < 4.78 is 14.0. The highest BCUT2D eigenvalue weighted by atomic mass is 19.1. The van der Waals surface area contributed by atoms with Gasteiger partial charge in [-0.05, 0) is 75.6 Å². The van der Waals surface area contributed by atoms with Crippen molar-refractivity contribution in [3.63, 3.8) is 0 Å². The van der Waals surface area contributed by atoms with Gasteiger partial charge in [0, 0.05) is 55.9 Å². The van der Waals surface area contributed by atoms with Gasteiger partial charge in [-0.3, -0.25) is 0 Å². The lowest BCUT2D eigenvalue weighted by atomic mass is 9.95. The lowest BCUT2D eigenvalue weighted by molar-refractivity contribution is 0.279. The molecule has 5 rings (SSSR count). The van der Waals surface area contributed by atoms with Gasteiger partial charge in [0.15, 0.2) is 0 Å². The molecule has 0 spiro atoms. The molecule has 0 bridgehead atoms. The summed E-state index contributed by atoms with van der Waals surface area (Å²) in [6.07, 6.45) is 10.8. The molecule has 4 heterocycles. The number of anilines is 3. The maximum Gasteiger partial charge on any atom is 0.131 e. The number of nitrogens with zero attached hydrogens (tertiary/aromatic N) is 4. The summed E-state index contributed by atoms with van der Waals surface area (Å²) in [5.41, 5.74) is 2.26. The molecule has 5 nitrogen and oxygen atoms in total. The van der Waals surface area contributed by atoms with Crippen molar-refractivity contribution in [1.29, 1.82) is 0 Å². The molecule has 1 unspecified atom stereocenters. The number of pyridine rings is 1. The molecule has 1 N–H and O–H groups in total. The molecule has 1 aromatic heterocycles. The van der Waals surface area contributed by atoms with Crippen molar-refractivity contribution in [1.82, 2.24) is 4.98 Å². The predicted octanol–water partition coefficient (Wildman–Crippen LogP) is 4.60. The van der Waals surface area contributed by atoms with Gasteiger partial charge >= 0.3 is 0 Å². The van der Waals surface area contributed by atoms with Crippen molar-refractivity contribution in [3.8, 4) is 0 Å². The van der Waals surface area contributed by atoms with E-state index >= 15 is 0 Å². The van der Waals surface area contributed by atoms with Gasteiger partial charge in [0.1, 0.15) is 11.6 Å². The largest absolute Gasteiger partial charge is 0.396 e. The second kappa shape index (κ2) is 9.65. The van der Waals surface area contributed by atoms with Crippen LogP contribution in [0.4, 0.5) is 21.6 Å². The summed E-state index contributed by atoms with van der Waals surface area (Å²) in [5, 5.41) is 9.52. The van der Waals surface area contributed by atoms with Crippen LogP contribution in [0.5, 0.6) is 0 Å². The van der Waals surface area contributed by atoms with E-state index in [0.29, 0.717) is 18.1 Å². The van der Waals surface area contributed by atoms with Gasteiger partial charge < -0.3 is 19.8 Å². The lowest BCUT2D eigenvalue weighted by Crippen LogP contribution is -2.50. The Kier molecular flexibility index (Phi) is 6.49. The highest BCUT2D eigenvalue weighted by Crippen LogP contribution is 2.41. The summed E-state index contributed by atoms with van der Waals surface area (Å²) >= 11 is 0. The Labute approximate surface area is 190 Å². The van der Waals surface area contributed by atoms with Gasteiger partial charge in [-0.2, -0.15) is 0 Å². The molecule has 0 radical (unpaired) electrons. The van der Waals surface area contributed by atoms with Crippen molar-refractivity contribution in [2.24, 2.45) is 0 Å². The first-order chi connectivity index (χ1) is 15.7. The number of halogens is 1. The fourth-order valence-electron chi connectivity index (χ4n) is 6.12. The van der Waals surface area contributed by atoms with E-state index in [1.54, 1.807) is 6.07 Å². The summed E-state index contributed by atoms with van der Waals surface area (Å²) in [5.74, 6) is 0.886. The Bertz CT molecular complexity index is 903. The zero-order chi connectivity index (χ0) is 21.9. The van der Waals surface area contributed by atoms with Gasteiger partial charge in [-0.15, -0.1) is 0 Å². The molecule has 6 heteroatoms. The second-order valence-electron chi connectivity index (χ2n) is 9.53. The van der Waals surface area contributed by atoms with E-state index in [0.717, 1.165) is 63.2 Å². The standard InChI is InChI=1S/C26H35FN4O/c27-20-7-4-8-22(17-20)30-15-5-10-24-25(30)18-23(9-6-16-32)31(24)26-19-21(11-12-28-26)29-13-2-1-3-14-29/h4,7-8,11-12,17,19,23-25,32H,1-3,5-6,9-10,13-16,18H2/t23-,24-,25?/m1/s1. The smallest absolute Gasteiger partial charge is 0.131 e. The first-order valence-electron chi connectivity index (χ1n) is 12.4. The Balaban J connectivity index is 1.45. The van der Waals surface area contributed by atoms with E-state index in [1.807, 2.05) is 18.3 Å². The lowest BCUT2D eigenvalue weighted by Gasteiger charge is -2.42. The van der Waals surface area contributed by atoms with Gasteiger partial charge in [0.2, 0.25) is 0 Å². The maximum atomic E-state index is 14.0. The van der Waals surface area contributed by atoms with E-state index in [4.69, 9.17) is 4.98 Å². The molecule has 1 aromatic carbocycles. The molecule has 0 amide bonds. The van der Waals surface area contributed by atoms with Gasteiger partial charge in [0.05, 0.1) is 12.1 Å². The van der Waals surface area contributed by atoms with Crippen molar-refractivity contribution in [3.05, 3.63) is 48.4 Å². The number of benzene rings is 1. The predicted molar refractivity (Wildman–Crippen MR) is 128 cm³/mol. The minimum Gasteiger partial charge on any atom is -0.396 e. The Morgan fingerprint density at radius 1 is 0.969 bits per heavy atom. The third kappa shape index (κ3) is 4.29. The molecular weight excluding hydrogens is 403 g/mol. The first kappa shape index (κ1) is 21.5. The number of aromatic nitrogens is 1. The molecule has 3 atom stereocenters. The number of rotatable bonds is 6. The minimum absolute atomic E-state index is 0.174. The van der Waals surface area contributed by atoms with Crippen LogP contribution < -0.4 is 14.7 Å². The molecular formula is C26H35FN4O. The van der Waals surface area contributed by atoms with Crippen molar-refractivity contribution in [2.75, 3.05) is 40.9 Å². The third-order valence-corrected chi connectivity index (χ3v) is 7.56. The molecule has 3 fully saturated rings. The summed E-state index contributed by atoms with van der Waals surface area (Å²) in [4.78, 5) is 12.3. The molecule has 3 saturated heterocycles. The quantitative estimate of drug-likeness (QED) is 0.714. The fraction of sp³-hybridized carbons (Fsp3) is 0.577. The fourth-order valence-corrected chi connectivity index (χ4v) is 6.12. The Hall–Kier alpha value is -2.34. The SMILES string of the molecule is OCCC[C@@H]1CC2[C@@H](CCCN2c2cccc(F)c2)N1c1cc(N2CCCCC2)ccn1. The van der Waals surface area contributed by atoms with Crippen molar-refractivity contribution in [2.45, 2.75) is 69.5 Å². The zero-order valence-corrected chi connectivity index (χ0v) is 18.9. The number of aliphatic hydroxyl groups is 1. The van der Waals surface area contributed by atoms with Crippen LogP contribution in [0.2, 0.25) is 0 Å². The minimum atomic E-state index is -0.174. The molecule has 0 saturated carbocycles. The van der Waals surface area contributed by atoms with Crippen LogP contribution in [0.25, 0.3) is 0 Å². The molecule has 2 aromatic rings. The maximum absolute atomic E-state index is 14.0. The van der Waals surface area contributed by atoms with E-state index in [1.165, 1.54) is 31.0 Å². The molecule has 3 aliphatic heterocycles. The first-order valence-corrected chi connectivity index (χ1v) is 12.4. The van der Waals surface area contributed by atoms with Crippen LogP contribution in [0.3, 0.4) is 0 Å². The van der Waals surface area contributed by atoms with Gasteiger partial charge in [0.25, 0.3) is 0 Å². The van der Waals surface area contributed by atoms with Crippen LogP contribution >= 0.6 is 0 Å². The summed E-state index contributed by atoms with van der Waals surface area (Å²) in [6.45, 7) is 3.43. The number of hydrogen-bond donors (Lipinski definition) is 1.